The number of aromatic nitrogens is 1. The molecule has 3 heteroatoms. The van der Waals surface area contributed by atoms with Gasteiger partial charge in [0.2, 0.25) is 0 Å². The van der Waals surface area contributed by atoms with E-state index in [1.165, 1.54) is 48.7 Å². The van der Waals surface area contributed by atoms with Crippen molar-refractivity contribution in [1.29, 1.82) is 0 Å². The van der Waals surface area contributed by atoms with E-state index in [0.29, 0.717) is 6.54 Å². The summed E-state index contributed by atoms with van der Waals surface area (Å²) in [4.78, 5) is 2.53. The summed E-state index contributed by atoms with van der Waals surface area (Å²) >= 11 is 0. The normalized spacial score (nSPS) is 20.6. The van der Waals surface area contributed by atoms with Crippen LogP contribution in [0.15, 0.2) is 30.5 Å². The molecule has 0 radical (unpaired) electrons. The van der Waals surface area contributed by atoms with Crippen LogP contribution in [0.25, 0.3) is 10.9 Å². The molecule has 1 aromatic carbocycles. The van der Waals surface area contributed by atoms with E-state index < -0.39 is 0 Å². The lowest BCUT2D eigenvalue weighted by atomic mass is 10.0. The minimum Gasteiger partial charge on any atom is -0.347 e. The Kier molecular flexibility index (Phi) is 4.08. The molecular formula is C17H25N3. The molecule has 0 spiro atoms. The number of benzene rings is 1. The molecule has 1 aliphatic rings. The molecule has 20 heavy (non-hydrogen) atoms. The highest BCUT2D eigenvalue weighted by Gasteiger charge is 2.18. The largest absolute Gasteiger partial charge is 0.347 e. The molecule has 0 saturated carbocycles. The van der Waals surface area contributed by atoms with Crippen LogP contribution in [-0.4, -0.2) is 29.1 Å². The van der Waals surface area contributed by atoms with Crippen LogP contribution in [0, 0.1) is 0 Å². The van der Waals surface area contributed by atoms with Gasteiger partial charge in [0.25, 0.3) is 0 Å². The average Bonchev–Trinajstić information content (AvgIpc) is 2.88. The Hall–Kier alpha value is -1.32. The first-order chi connectivity index (χ1) is 9.78. The topological polar surface area (TPSA) is 34.2 Å². The fraction of sp³-hybridized carbons (Fsp3) is 0.529. The highest BCUT2D eigenvalue weighted by atomic mass is 15.1. The van der Waals surface area contributed by atoms with Crippen molar-refractivity contribution < 1.29 is 0 Å². The molecule has 0 amide bonds. The van der Waals surface area contributed by atoms with Crippen LogP contribution < -0.4 is 5.73 Å². The Bertz CT molecular complexity index is 573. The number of hydrogen-bond donors (Lipinski definition) is 1. The number of hydrogen-bond acceptors (Lipinski definition) is 2. The molecule has 3 rings (SSSR count). The SMILES string of the molecule is CN1CCCCC1CCn1ccc2cc(CN)ccc21. The smallest absolute Gasteiger partial charge is 0.0480 e. The molecule has 108 valence electrons. The maximum Gasteiger partial charge on any atom is 0.0480 e. The fourth-order valence-electron chi connectivity index (χ4n) is 3.37. The summed E-state index contributed by atoms with van der Waals surface area (Å²) in [5.74, 6) is 0. The quantitative estimate of drug-likeness (QED) is 0.927. The number of nitrogens with two attached hydrogens (primary N) is 1. The molecule has 2 N–H and O–H groups in total. The molecular weight excluding hydrogens is 246 g/mol. The highest BCUT2D eigenvalue weighted by Crippen LogP contribution is 2.21. The highest BCUT2D eigenvalue weighted by molar-refractivity contribution is 5.80. The van der Waals surface area contributed by atoms with Crippen molar-refractivity contribution >= 4 is 10.9 Å². The van der Waals surface area contributed by atoms with Gasteiger partial charge in [-0.2, -0.15) is 0 Å². The van der Waals surface area contributed by atoms with Gasteiger partial charge in [0.1, 0.15) is 0 Å². The zero-order chi connectivity index (χ0) is 13.9. The number of nitrogens with zero attached hydrogens (tertiary/aromatic N) is 2. The third-order valence-corrected chi connectivity index (χ3v) is 4.70. The van der Waals surface area contributed by atoms with Crippen LogP contribution in [0.3, 0.4) is 0 Å². The second-order valence-electron chi connectivity index (χ2n) is 6.03. The van der Waals surface area contributed by atoms with Crippen molar-refractivity contribution in [3.8, 4) is 0 Å². The minimum atomic E-state index is 0.619. The van der Waals surface area contributed by atoms with Gasteiger partial charge in [0.15, 0.2) is 0 Å². The van der Waals surface area contributed by atoms with Gasteiger partial charge in [-0.05, 0) is 62.0 Å². The molecule has 1 saturated heterocycles. The zero-order valence-corrected chi connectivity index (χ0v) is 12.4. The van der Waals surface area contributed by atoms with Gasteiger partial charge in [-0.15, -0.1) is 0 Å². The second-order valence-corrected chi connectivity index (χ2v) is 6.03. The van der Waals surface area contributed by atoms with Crippen LogP contribution in [0.4, 0.5) is 0 Å². The van der Waals surface area contributed by atoms with Crippen LogP contribution in [0.2, 0.25) is 0 Å². The lowest BCUT2D eigenvalue weighted by Gasteiger charge is -2.32. The number of likely N-dealkylation sites (tertiary alicyclic amines) is 1. The molecule has 0 bridgehead atoms. The third-order valence-electron chi connectivity index (χ3n) is 4.70. The van der Waals surface area contributed by atoms with E-state index in [1.54, 1.807) is 0 Å². The lowest BCUT2D eigenvalue weighted by molar-refractivity contribution is 0.171. The van der Waals surface area contributed by atoms with Crippen LogP contribution in [0.5, 0.6) is 0 Å². The molecule has 1 unspecified atom stereocenters. The third kappa shape index (κ3) is 2.74. The van der Waals surface area contributed by atoms with Gasteiger partial charge in [0.05, 0.1) is 0 Å². The summed E-state index contributed by atoms with van der Waals surface area (Å²) in [6.45, 7) is 2.99. The van der Waals surface area contributed by atoms with Crippen molar-refractivity contribution in [2.24, 2.45) is 5.73 Å². The van der Waals surface area contributed by atoms with E-state index in [1.807, 2.05) is 0 Å². The van der Waals surface area contributed by atoms with Gasteiger partial charge in [-0.3, -0.25) is 0 Å². The van der Waals surface area contributed by atoms with Crippen molar-refractivity contribution in [3.63, 3.8) is 0 Å². The van der Waals surface area contributed by atoms with Crippen molar-refractivity contribution in [2.75, 3.05) is 13.6 Å². The lowest BCUT2D eigenvalue weighted by Crippen LogP contribution is -2.36. The molecule has 1 atom stereocenters. The van der Waals surface area contributed by atoms with E-state index in [9.17, 15) is 0 Å². The van der Waals surface area contributed by atoms with E-state index >= 15 is 0 Å². The first-order valence-electron chi connectivity index (χ1n) is 7.76. The molecule has 1 aliphatic heterocycles. The summed E-state index contributed by atoms with van der Waals surface area (Å²) in [7, 11) is 2.27. The Morgan fingerprint density at radius 2 is 2.15 bits per heavy atom. The molecule has 2 aromatic rings. The Labute approximate surface area is 121 Å². The maximum atomic E-state index is 5.71. The Morgan fingerprint density at radius 3 is 2.95 bits per heavy atom. The molecule has 0 aliphatic carbocycles. The zero-order valence-electron chi connectivity index (χ0n) is 12.4. The Balaban J connectivity index is 1.71. The summed E-state index contributed by atoms with van der Waals surface area (Å²) in [5.41, 5.74) is 8.25. The molecule has 1 aromatic heterocycles. The number of piperidine rings is 1. The summed E-state index contributed by atoms with van der Waals surface area (Å²) < 4.78 is 2.39. The molecule has 3 nitrogen and oxygen atoms in total. The predicted octanol–water partition coefficient (Wildman–Crippen LogP) is 2.97. The van der Waals surface area contributed by atoms with Gasteiger partial charge in [-0.1, -0.05) is 12.5 Å². The molecule has 1 fully saturated rings. The van der Waals surface area contributed by atoms with Gasteiger partial charge in [-0.25, -0.2) is 0 Å². The average molecular weight is 271 g/mol. The van der Waals surface area contributed by atoms with Gasteiger partial charge < -0.3 is 15.2 Å². The number of fused-ring (bicyclic) bond motifs is 1. The summed E-state index contributed by atoms with van der Waals surface area (Å²) in [5, 5.41) is 1.31. The molecule has 2 heterocycles. The minimum absolute atomic E-state index is 0.619. The van der Waals surface area contributed by atoms with E-state index in [2.05, 4.69) is 47.0 Å². The van der Waals surface area contributed by atoms with Crippen LogP contribution >= 0.6 is 0 Å². The first kappa shape index (κ1) is 13.7. The van der Waals surface area contributed by atoms with E-state index in [-0.39, 0.29) is 0 Å². The standard InChI is InChI=1S/C17H25N3/c1-19-9-3-2-4-16(19)8-11-20-10-7-15-12-14(13-18)5-6-17(15)20/h5-7,10,12,16H,2-4,8-9,11,13,18H2,1H3. The fourth-order valence-corrected chi connectivity index (χ4v) is 3.37. The van der Waals surface area contributed by atoms with Gasteiger partial charge >= 0.3 is 0 Å². The summed E-state index contributed by atoms with van der Waals surface area (Å²) in [6.07, 6.45) is 7.57. The van der Waals surface area contributed by atoms with Crippen molar-refractivity contribution in [2.45, 2.75) is 44.8 Å². The van der Waals surface area contributed by atoms with Crippen molar-refractivity contribution in [1.82, 2.24) is 9.47 Å². The summed E-state index contributed by atoms with van der Waals surface area (Å²) in [6, 6.07) is 9.52. The van der Waals surface area contributed by atoms with E-state index in [0.717, 1.165) is 12.6 Å². The van der Waals surface area contributed by atoms with Crippen LogP contribution in [0.1, 0.15) is 31.2 Å². The predicted molar refractivity (Wildman–Crippen MR) is 84.7 cm³/mol. The number of aryl methyl sites for hydroxylation is 1. The first-order valence-corrected chi connectivity index (χ1v) is 7.76. The maximum absolute atomic E-state index is 5.71. The van der Waals surface area contributed by atoms with Crippen LogP contribution in [-0.2, 0) is 13.1 Å². The monoisotopic (exact) mass is 271 g/mol. The Morgan fingerprint density at radius 1 is 1.25 bits per heavy atom. The van der Waals surface area contributed by atoms with Crippen molar-refractivity contribution in [3.05, 3.63) is 36.0 Å². The van der Waals surface area contributed by atoms with E-state index in [4.69, 9.17) is 5.73 Å². The van der Waals surface area contributed by atoms with Gasteiger partial charge in [0, 0.05) is 30.8 Å². The number of rotatable bonds is 4. The second kappa shape index (κ2) is 5.98.